The van der Waals surface area contributed by atoms with Crippen LogP contribution in [0.1, 0.15) is 60.3 Å². The van der Waals surface area contributed by atoms with Gasteiger partial charge in [0.05, 0.1) is 26.3 Å². The van der Waals surface area contributed by atoms with Gasteiger partial charge in [-0.15, -0.1) is 0 Å². The normalized spacial score (nSPS) is 20.3. The van der Waals surface area contributed by atoms with Gasteiger partial charge in [0, 0.05) is 30.3 Å². The lowest BCUT2D eigenvalue weighted by Gasteiger charge is -2.19. The van der Waals surface area contributed by atoms with Gasteiger partial charge >= 0.3 is 0 Å². The van der Waals surface area contributed by atoms with Crippen molar-refractivity contribution in [3.8, 4) is 0 Å². The molecule has 2 fully saturated rings. The van der Waals surface area contributed by atoms with Gasteiger partial charge < -0.3 is 15.4 Å². The Labute approximate surface area is 166 Å². The monoisotopic (exact) mass is 389 g/mol. The second-order valence-electron chi connectivity index (χ2n) is 8.09. The lowest BCUT2D eigenvalue weighted by Crippen LogP contribution is -2.39. The SMILES string of the molecule is O=C(CN1CCCCCC1)NCCn1nc(C(=O)NC2CC2)c2c1CCOC2. The van der Waals surface area contributed by atoms with Gasteiger partial charge in [0.2, 0.25) is 5.91 Å². The summed E-state index contributed by atoms with van der Waals surface area (Å²) < 4.78 is 7.43. The molecule has 2 N–H and O–H groups in total. The van der Waals surface area contributed by atoms with Crippen molar-refractivity contribution in [2.24, 2.45) is 0 Å². The number of rotatable bonds is 7. The molecule has 8 nitrogen and oxygen atoms in total. The van der Waals surface area contributed by atoms with Crippen LogP contribution in [-0.2, 0) is 29.1 Å². The minimum absolute atomic E-state index is 0.0676. The Kier molecular flexibility index (Phi) is 6.26. The molecule has 154 valence electrons. The van der Waals surface area contributed by atoms with E-state index in [1.165, 1.54) is 25.7 Å². The Bertz CT molecular complexity index is 705. The fraction of sp³-hybridized carbons (Fsp3) is 0.750. The average molecular weight is 390 g/mol. The lowest BCUT2D eigenvalue weighted by molar-refractivity contribution is -0.122. The number of aromatic nitrogens is 2. The number of hydrogen-bond acceptors (Lipinski definition) is 5. The van der Waals surface area contributed by atoms with Crippen molar-refractivity contribution in [2.45, 2.75) is 64.1 Å². The maximum atomic E-state index is 12.5. The number of nitrogens with one attached hydrogen (secondary N) is 2. The van der Waals surface area contributed by atoms with Crippen molar-refractivity contribution in [2.75, 3.05) is 32.8 Å². The molecule has 8 heteroatoms. The largest absolute Gasteiger partial charge is 0.376 e. The molecule has 28 heavy (non-hydrogen) atoms. The van der Waals surface area contributed by atoms with Crippen LogP contribution < -0.4 is 10.6 Å². The second kappa shape index (κ2) is 9.05. The van der Waals surface area contributed by atoms with E-state index in [1.54, 1.807) is 0 Å². The van der Waals surface area contributed by atoms with Crippen molar-refractivity contribution in [3.63, 3.8) is 0 Å². The predicted molar refractivity (Wildman–Crippen MR) is 104 cm³/mol. The van der Waals surface area contributed by atoms with Gasteiger partial charge in [-0.1, -0.05) is 12.8 Å². The van der Waals surface area contributed by atoms with Crippen LogP contribution in [0.25, 0.3) is 0 Å². The molecule has 3 aliphatic rings. The smallest absolute Gasteiger partial charge is 0.272 e. The van der Waals surface area contributed by atoms with E-state index in [2.05, 4.69) is 20.6 Å². The third-order valence-corrected chi connectivity index (χ3v) is 5.74. The average Bonchev–Trinajstić information content (AvgIpc) is 3.47. The molecule has 1 saturated carbocycles. The predicted octanol–water partition coefficient (Wildman–Crippen LogP) is 0.840. The van der Waals surface area contributed by atoms with Crippen molar-refractivity contribution >= 4 is 11.8 Å². The molecule has 0 aromatic carbocycles. The van der Waals surface area contributed by atoms with Crippen molar-refractivity contribution < 1.29 is 14.3 Å². The topological polar surface area (TPSA) is 88.5 Å². The van der Waals surface area contributed by atoms with E-state index in [9.17, 15) is 9.59 Å². The Morgan fingerprint density at radius 2 is 1.93 bits per heavy atom. The molecule has 0 atom stereocenters. The fourth-order valence-corrected chi connectivity index (χ4v) is 4.01. The number of ether oxygens (including phenoxy) is 1. The summed E-state index contributed by atoms with van der Waals surface area (Å²) in [4.78, 5) is 27.0. The minimum atomic E-state index is -0.104. The molecule has 1 aromatic rings. The third-order valence-electron chi connectivity index (χ3n) is 5.74. The Morgan fingerprint density at radius 1 is 1.14 bits per heavy atom. The van der Waals surface area contributed by atoms with Gasteiger partial charge in [-0.05, 0) is 38.8 Å². The molecule has 1 aliphatic carbocycles. The summed E-state index contributed by atoms with van der Waals surface area (Å²) in [6.45, 7) is 4.67. The van der Waals surface area contributed by atoms with Gasteiger partial charge in [0.1, 0.15) is 0 Å². The molecule has 4 rings (SSSR count). The summed E-state index contributed by atoms with van der Waals surface area (Å²) in [5.74, 6) is -0.0360. The van der Waals surface area contributed by atoms with Gasteiger partial charge in [-0.2, -0.15) is 5.10 Å². The molecule has 1 aromatic heterocycles. The van der Waals surface area contributed by atoms with Gasteiger partial charge in [0.15, 0.2) is 5.69 Å². The first-order valence-electron chi connectivity index (χ1n) is 10.7. The van der Waals surface area contributed by atoms with Crippen molar-refractivity contribution in [1.82, 2.24) is 25.3 Å². The molecule has 1 saturated heterocycles. The van der Waals surface area contributed by atoms with Crippen molar-refractivity contribution in [3.05, 3.63) is 17.0 Å². The lowest BCUT2D eigenvalue weighted by atomic mass is 10.1. The molecule has 0 unspecified atom stereocenters. The summed E-state index contributed by atoms with van der Waals surface area (Å²) in [5.41, 5.74) is 2.45. The molecular weight excluding hydrogens is 358 g/mol. The zero-order valence-electron chi connectivity index (χ0n) is 16.5. The van der Waals surface area contributed by atoms with Crippen LogP contribution in [0.3, 0.4) is 0 Å². The first-order chi connectivity index (χ1) is 13.7. The second-order valence-corrected chi connectivity index (χ2v) is 8.09. The number of likely N-dealkylation sites (tertiary alicyclic amines) is 1. The van der Waals surface area contributed by atoms with Crippen LogP contribution in [0.5, 0.6) is 0 Å². The van der Waals surface area contributed by atoms with E-state index in [0.29, 0.717) is 44.6 Å². The van der Waals surface area contributed by atoms with Gasteiger partial charge in [-0.3, -0.25) is 19.2 Å². The van der Waals surface area contributed by atoms with E-state index in [1.807, 2.05) is 4.68 Å². The van der Waals surface area contributed by atoms with Crippen molar-refractivity contribution in [1.29, 1.82) is 0 Å². The van der Waals surface area contributed by atoms with Gasteiger partial charge in [-0.25, -0.2) is 0 Å². The molecule has 0 spiro atoms. The number of hydrogen-bond donors (Lipinski definition) is 2. The summed E-state index contributed by atoms with van der Waals surface area (Å²) in [7, 11) is 0. The zero-order valence-corrected chi connectivity index (χ0v) is 16.5. The van der Waals surface area contributed by atoms with Crippen LogP contribution >= 0.6 is 0 Å². The molecule has 2 aliphatic heterocycles. The summed E-state index contributed by atoms with van der Waals surface area (Å²) in [5, 5.41) is 10.6. The highest BCUT2D eigenvalue weighted by atomic mass is 16.5. The highest BCUT2D eigenvalue weighted by Gasteiger charge is 2.29. The summed E-state index contributed by atoms with van der Waals surface area (Å²) in [6.07, 6.45) is 7.75. The molecule has 2 amide bonds. The maximum absolute atomic E-state index is 12.5. The van der Waals surface area contributed by atoms with Gasteiger partial charge in [0.25, 0.3) is 5.91 Å². The highest BCUT2D eigenvalue weighted by Crippen LogP contribution is 2.23. The number of carbonyl (C=O) groups excluding carboxylic acids is 2. The van der Waals surface area contributed by atoms with Crippen LogP contribution in [0.2, 0.25) is 0 Å². The van der Waals surface area contributed by atoms with Crippen LogP contribution in [0, 0.1) is 0 Å². The molecule has 0 bridgehead atoms. The van der Waals surface area contributed by atoms with E-state index in [-0.39, 0.29) is 11.8 Å². The number of nitrogens with zero attached hydrogens (tertiary/aromatic N) is 3. The first-order valence-corrected chi connectivity index (χ1v) is 10.7. The van der Waals surface area contributed by atoms with Crippen LogP contribution in [0.15, 0.2) is 0 Å². The number of carbonyl (C=O) groups is 2. The Hall–Kier alpha value is -1.93. The first kappa shape index (κ1) is 19.4. The zero-order chi connectivity index (χ0) is 19.3. The summed E-state index contributed by atoms with van der Waals surface area (Å²) >= 11 is 0. The fourth-order valence-electron chi connectivity index (χ4n) is 4.01. The highest BCUT2D eigenvalue weighted by molar-refractivity contribution is 5.94. The quantitative estimate of drug-likeness (QED) is 0.722. The maximum Gasteiger partial charge on any atom is 0.272 e. The van der Waals surface area contributed by atoms with E-state index in [0.717, 1.165) is 43.6 Å². The Balaban J connectivity index is 1.32. The van der Waals surface area contributed by atoms with E-state index >= 15 is 0 Å². The van der Waals surface area contributed by atoms with E-state index in [4.69, 9.17) is 4.74 Å². The minimum Gasteiger partial charge on any atom is -0.376 e. The van der Waals surface area contributed by atoms with E-state index < -0.39 is 0 Å². The standard InChI is InChI=1S/C20H31N5O3/c26-18(13-24-9-3-1-2-4-10-24)21-8-11-25-17-7-12-28-14-16(17)19(23-25)20(27)22-15-5-6-15/h15H,1-14H2,(H,21,26)(H,22,27). The van der Waals surface area contributed by atoms with Crippen LogP contribution in [0.4, 0.5) is 0 Å². The third kappa shape index (κ3) is 4.91. The Morgan fingerprint density at radius 3 is 2.68 bits per heavy atom. The molecular formula is C20H31N5O3. The summed E-state index contributed by atoms with van der Waals surface area (Å²) in [6, 6.07) is 0.302. The van der Waals surface area contributed by atoms with Crippen LogP contribution in [-0.4, -0.2) is 65.3 Å². The molecule has 0 radical (unpaired) electrons. The molecule has 3 heterocycles. The number of amides is 2. The number of fused-ring (bicyclic) bond motifs is 1.